The second kappa shape index (κ2) is 4.84. The summed E-state index contributed by atoms with van der Waals surface area (Å²) in [5, 5.41) is 15.7. The Kier molecular flexibility index (Phi) is 2.88. The van der Waals surface area contributed by atoms with Crippen LogP contribution in [-0.2, 0) is 0 Å². The summed E-state index contributed by atoms with van der Waals surface area (Å²) in [6, 6.07) is 7.87. The molecule has 0 aliphatic carbocycles. The van der Waals surface area contributed by atoms with Gasteiger partial charge in [0, 0.05) is 22.7 Å². The number of nitrogens with two attached hydrogens (primary N) is 2. The van der Waals surface area contributed by atoms with Crippen molar-refractivity contribution in [3.63, 3.8) is 0 Å². The zero-order valence-corrected chi connectivity index (χ0v) is 10.3. The van der Waals surface area contributed by atoms with Gasteiger partial charge in [-0.25, -0.2) is 4.63 Å². The van der Waals surface area contributed by atoms with Crippen LogP contribution < -0.4 is 11.5 Å². The Morgan fingerprint density at radius 1 is 1.30 bits per heavy atom. The molecule has 0 saturated heterocycles. The number of rotatable bonds is 3. The fourth-order valence-corrected chi connectivity index (χ4v) is 1.77. The lowest BCUT2D eigenvalue weighted by atomic mass is 10.2. The highest BCUT2D eigenvalue weighted by atomic mass is 16.6. The zero-order valence-electron chi connectivity index (χ0n) is 10.3. The van der Waals surface area contributed by atoms with Crippen molar-refractivity contribution >= 4 is 28.8 Å². The first-order valence-corrected chi connectivity index (χ1v) is 5.76. The van der Waals surface area contributed by atoms with Gasteiger partial charge in [-0.1, -0.05) is 18.2 Å². The topological polar surface area (TPSA) is 131 Å². The van der Waals surface area contributed by atoms with Crippen molar-refractivity contribution in [3.05, 3.63) is 41.7 Å². The van der Waals surface area contributed by atoms with Gasteiger partial charge < -0.3 is 16.5 Å². The molecule has 8 nitrogen and oxygen atoms in total. The molecule has 8 heteroatoms. The van der Waals surface area contributed by atoms with E-state index in [0.717, 1.165) is 16.5 Å². The van der Waals surface area contributed by atoms with Gasteiger partial charge in [0.25, 0.3) is 0 Å². The summed E-state index contributed by atoms with van der Waals surface area (Å²) in [5.74, 6) is 0.119. The molecule has 0 bridgehead atoms. The fraction of sp³-hybridized carbons (Fsp3) is 0. The summed E-state index contributed by atoms with van der Waals surface area (Å²) in [6.07, 6.45) is 3.43. The van der Waals surface area contributed by atoms with E-state index in [0.29, 0.717) is 0 Å². The van der Waals surface area contributed by atoms with Crippen molar-refractivity contribution in [2.75, 3.05) is 5.73 Å². The summed E-state index contributed by atoms with van der Waals surface area (Å²) in [4.78, 5) is 3.13. The van der Waals surface area contributed by atoms with Crippen LogP contribution >= 0.6 is 0 Å². The number of hydrogen-bond donors (Lipinski definition) is 3. The molecule has 3 aromatic rings. The summed E-state index contributed by atoms with van der Waals surface area (Å²) >= 11 is 0. The lowest BCUT2D eigenvalue weighted by Crippen LogP contribution is -2.15. The van der Waals surface area contributed by atoms with Crippen molar-refractivity contribution in [1.82, 2.24) is 15.3 Å². The van der Waals surface area contributed by atoms with Crippen LogP contribution in [0.25, 0.3) is 10.9 Å². The minimum absolute atomic E-state index is 0.0415. The van der Waals surface area contributed by atoms with E-state index in [2.05, 4.69) is 30.1 Å². The monoisotopic (exact) mass is 269 g/mol. The summed E-state index contributed by atoms with van der Waals surface area (Å²) in [6.45, 7) is 0. The molecule has 2 aromatic heterocycles. The van der Waals surface area contributed by atoms with Crippen molar-refractivity contribution in [2.24, 2.45) is 15.9 Å². The number of hydrogen-bond acceptors (Lipinski definition) is 6. The minimum Gasteiger partial charge on any atom is -0.380 e. The molecule has 0 aliphatic heterocycles. The quantitative estimate of drug-likeness (QED) is 0.369. The number of aromatic nitrogens is 3. The lowest BCUT2D eigenvalue weighted by Gasteiger charge is -1.91. The number of aromatic amines is 1. The van der Waals surface area contributed by atoms with Crippen molar-refractivity contribution in [2.45, 2.75) is 0 Å². The average Bonchev–Trinajstić information content (AvgIpc) is 3.05. The van der Waals surface area contributed by atoms with Gasteiger partial charge in [-0.15, -0.1) is 5.10 Å². The molecule has 0 atom stereocenters. The molecule has 2 heterocycles. The molecule has 100 valence electrons. The molecule has 1 aromatic carbocycles. The Bertz CT molecular complexity index is 799. The predicted octanol–water partition coefficient (Wildman–Crippen LogP) is 0.873. The molecular formula is C12H11N7O. The predicted molar refractivity (Wildman–Crippen MR) is 75.3 cm³/mol. The summed E-state index contributed by atoms with van der Waals surface area (Å²) < 4.78 is 4.43. The largest absolute Gasteiger partial charge is 0.380 e. The molecule has 5 N–H and O–H groups in total. The van der Waals surface area contributed by atoms with E-state index in [1.807, 2.05) is 30.5 Å². The lowest BCUT2D eigenvalue weighted by molar-refractivity contribution is 0.308. The van der Waals surface area contributed by atoms with E-state index in [1.165, 1.54) is 0 Å². The fourth-order valence-electron chi connectivity index (χ4n) is 1.77. The maximum atomic E-state index is 5.68. The van der Waals surface area contributed by atoms with Gasteiger partial charge >= 0.3 is 0 Å². The van der Waals surface area contributed by atoms with Gasteiger partial charge in [-0.2, -0.15) is 5.10 Å². The van der Waals surface area contributed by atoms with Crippen LogP contribution in [-0.4, -0.2) is 27.3 Å². The molecule has 20 heavy (non-hydrogen) atoms. The molecule has 0 aliphatic rings. The van der Waals surface area contributed by atoms with Crippen LogP contribution in [0.4, 0.5) is 5.82 Å². The first-order valence-electron chi connectivity index (χ1n) is 5.76. The van der Waals surface area contributed by atoms with Gasteiger partial charge in [-0.3, -0.25) is 0 Å². The molecule has 0 spiro atoms. The van der Waals surface area contributed by atoms with E-state index in [4.69, 9.17) is 11.5 Å². The van der Waals surface area contributed by atoms with Crippen molar-refractivity contribution in [1.29, 1.82) is 0 Å². The smallest absolute Gasteiger partial charge is 0.199 e. The molecule has 0 fully saturated rings. The van der Waals surface area contributed by atoms with Gasteiger partial charge in [0.05, 0.1) is 6.21 Å². The maximum absolute atomic E-state index is 5.68. The zero-order chi connectivity index (χ0) is 13.9. The van der Waals surface area contributed by atoms with Crippen LogP contribution in [0.5, 0.6) is 0 Å². The standard InChI is InChI=1S/C12H11N7O/c13-11(10-12(14)19-20-18-10)17-16-6-7-5-15-9-4-2-1-3-8(7)9/h1-6,15H,(H2,13,17)(H2,14,19). The number of amidine groups is 1. The number of benzene rings is 1. The van der Waals surface area contributed by atoms with Crippen LogP contribution in [0.2, 0.25) is 0 Å². The number of nitrogens with one attached hydrogen (secondary N) is 1. The second-order valence-electron chi connectivity index (χ2n) is 4.02. The average molecular weight is 269 g/mol. The summed E-state index contributed by atoms with van der Waals surface area (Å²) in [7, 11) is 0. The Balaban J connectivity index is 1.86. The van der Waals surface area contributed by atoms with E-state index < -0.39 is 0 Å². The number of nitrogen functional groups attached to an aromatic ring is 1. The van der Waals surface area contributed by atoms with Crippen LogP contribution in [0.3, 0.4) is 0 Å². The van der Waals surface area contributed by atoms with Crippen molar-refractivity contribution < 1.29 is 4.63 Å². The Labute approximate surface area is 113 Å². The Hall–Kier alpha value is -3.16. The number of fused-ring (bicyclic) bond motifs is 1. The highest BCUT2D eigenvalue weighted by Crippen LogP contribution is 2.15. The van der Waals surface area contributed by atoms with E-state index in [1.54, 1.807) is 6.21 Å². The van der Waals surface area contributed by atoms with Gasteiger partial charge in [0.1, 0.15) is 0 Å². The summed E-state index contributed by atoms with van der Waals surface area (Å²) in [5.41, 5.74) is 13.3. The molecule has 0 radical (unpaired) electrons. The molecule has 3 rings (SSSR count). The first kappa shape index (κ1) is 11.9. The van der Waals surface area contributed by atoms with E-state index in [9.17, 15) is 0 Å². The molecule has 0 unspecified atom stereocenters. The number of H-pyrrole nitrogens is 1. The van der Waals surface area contributed by atoms with Gasteiger partial charge in [0.15, 0.2) is 17.3 Å². The molecular weight excluding hydrogens is 258 g/mol. The van der Waals surface area contributed by atoms with Gasteiger partial charge in [0.2, 0.25) is 0 Å². The third-order valence-electron chi connectivity index (χ3n) is 2.74. The van der Waals surface area contributed by atoms with Crippen LogP contribution in [0, 0.1) is 0 Å². The molecule has 0 saturated carbocycles. The Morgan fingerprint density at radius 2 is 2.15 bits per heavy atom. The third-order valence-corrected chi connectivity index (χ3v) is 2.74. The van der Waals surface area contributed by atoms with Gasteiger partial charge in [-0.05, 0) is 16.4 Å². The maximum Gasteiger partial charge on any atom is 0.199 e. The minimum atomic E-state index is 0.0415. The highest BCUT2D eigenvalue weighted by Gasteiger charge is 2.09. The second-order valence-corrected chi connectivity index (χ2v) is 4.02. The van der Waals surface area contributed by atoms with E-state index in [-0.39, 0.29) is 17.3 Å². The number of anilines is 1. The normalized spacial score (nSPS) is 12.5. The highest BCUT2D eigenvalue weighted by molar-refractivity contribution is 6.01. The van der Waals surface area contributed by atoms with Crippen LogP contribution in [0.1, 0.15) is 11.3 Å². The Morgan fingerprint density at radius 3 is 2.95 bits per heavy atom. The first-order chi connectivity index (χ1) is 9.75. The number of para-hydroxylation sites is 1. The number of nitrogens with zero attached hydrogens (tertiary/aromatic N) is 4. The molecule has 0 amide bonds. The third kappa shape index (κ3) is 2.09. The van der Waals surface area contributed by atoms with Crippen molar-refractivity contribution in [3.8, 4) is 0 Å². The SMILES string of the molecule is NC(=NN=Cc1c[nH]c2ccccc12)c1nonc1N. The van der Waals surface area contributed by atoms with E-state index >= 15 is 0 Å². The van der Waals surface area contributed by atoms with Crippen LogP contribution in [0.15, 0.2) is 45.3 Å².